The molecule has 1 aliphatic heterocycles. The SMILES string of the molecule is Cc1cc(C)cc(C(=O)N(C)CC(=O)N2c3ccccc3NC(=O)C[C@H]2C)c1. The van der Waals surface area contributed by atoms with Crippen LogP contribution in [-0.2, 0) is 9.59 Å². The summed E-state index contributed by atoms with van der Waals surface area (Å²) in [4.78, 5) is 41.0. The largest absolute Gasteiger partial charge is 0.332 e. The summed E-state index contributed by atoms with van der Waals surface area (Å²) in [5.74, 6) is -0.559. The van der Waals surface area contributed by atoms with Crippen molar-refractivity contribution in [2.75, 3.05) is 23.8 Å². The number of aryl methyl sites for hydroxylation is 2. The molecule has 28 heavy (non-hydrogen) atoms. The quantitative estimate of drug-likeness (QED) is 0.891. The second kappa shape index (κ2) is 7.84. The van der Waals surface area contributed by atoms with Crippen molar-refractivity contribution in [1.82, 2.24) is 4.90 Å². The smallest absolute Gasteiger partial charge is 0.254 e. The molecule has 3 amide bonds. The number of carbonyl (C=O) groups excluding carboxylic acids is 3. The van der Waals surface area contributed by atoms with Gasteiger partial charge < -0.3 is 15.1 Å². The monoisotopic (exact) mass is 379 g/mol. The molecule has 0 saturated carbocycles. The van der Waals surface area contributed by atoms with Gasteiger partial charge in [-0.05, 0) is 45.0 Å². The fourth-order valence-electron chi connectivity index (χ4n) is 3.64. The Labute approximate surface area is 165 Å². The van der Waals surface area contributed by atoms with E-state index < -0.39 is 0 Å². The number of rotatable bonds is 3. The molecule has 0 saturated heterocycles. The highest BCUT2D eigenvalue weighted by molar-refractivity contribution is 6.06. The highest BCUT2D eigenvalue weighted by Gasteiger charge is 2.30. The van der Waals surface area contributed by atoms with Crippen LogP contribution in [0.3, 0.4) is 0 Å². The van der Waals surface area contributed by atoms with Crippen LogP contribution in [-0.4, -0.2) is 42.3 Å². The second-order valence-corrected chi connectivity index (χ2v) is 7.42. The summed E-state index contributed by atoms with van der Waals surface area (Å²) in [6.45, 7) is 5.65. The number of nitrogens with zero attached hydrogens (tertiary/aromatic N) is 2. The number of anilines is 2. The van der Waals surface area contributed by atoms with Gasteiger partial charge in [0.05, 0.1) is 11.4 Å². The fourth-order valence-corrected chi connectivity index (χ4v) is 3.64. The van der Waals surface area contributed by atoms with E-state index in [0.29, 0.717) is 16.9 Å². The maximum Gasteiger partial charge on any atom is 0.254 e. The summed E-state index contributed by atoms with van der Waals surface area (Å²) < 4.78 is 0. The van der Waals surface area contributed by atoms with Gasteiger partial charge in [-0.15, -0.1) is 0 Å². The first-order chi connectivity index (χ1) is 13.3. The van der Waals surface area contributed by atoms with Crippen LogP contribution in [0.1, 0.15) is 34.8 Å². The Hall–Kier alpha value is -3.15. The standard InChI is InChI=1S/C22H25N3O3/c1-14-9-15(2)11-17(10-14)22(28)24(4)13-21(27)25-16(3)12-20(26)23-18-7-5-6-8-19(18)25/h5-11,16H,12-13H2,1-4H3,(H,23,26)/t16-/m1/s1. The number of likely N-dealkylation sites (N-methyl/N-ethyl adjacent to an activating group) is 1. The maximum atomic E-state index is 13.1. The summed E-state index contributed by atoms with van der Waals surface area (Å²) in [6.07, 6.45) is 0.204. The number of hydrogen-bond acceptors (Lipinski definition) is 3. The highest BCUT2D eigenvalue weighted by Crippen LogP contribution is 2.31. The minimum atomic E-state index is -0.305. The van der Waals surface area contributed by atoms with E-state index in [1.54, 1.807) is 24.1 Å². The molecule has 6 nitrogen and oxygen atoms in total. The summed E-state index contributed by atoms with van der Waals surface area (Å²) >= 11 is 0. The van der Waals surface area contributed by atoms with Gasteiger partial charge in [0.15, 0.2) is 0 Å². The van der Waals surface area contributed by atoms with E-state index in [-0.39, 0.29) is 36.7 Å². The zero-order valence-corrected chi connectivity index (χ0v) is 16.7. The molecule has 2 aromatic carbocycles. The van der Waals surface area contributed by atoms with Gasteiger partial charge in [-0.25, -0.2) is 0 Å². The van der Waals surface area contributed by atoms with Crippen LogP contribution in [0.25, 0.3) is 0 Å². The minimum absolute atomic E-state index is 0.0707. The number of para-hydroxylation sites is 2. The van der Waals surface area contributed by atoms with Crippen molar-refractivity contribution in [3.05, 3.63) is 59.2 Å². The molecule has 1 N–H and O–H groups in total. The van der Waals surface area contributed by atoms with Crippen LogP contribution in [0.15, 0.2) is 42.5 Å². The predicted octanol–water partition coefficient (Wildman–Crippen LogP) is 3.14. The molecular weight excluding hydrogens is 354 g/mol. The molecule has 0 fully saturated rings. The van der Waals surface area contributed by atoms with Crippen molar-refractivity contribution in [2.45, 2.75) is 33.2 Å². The average molecular weight is 379 g/mol. The lowest BCUT2D eigenvalue weighted by Crippen LogP contribution is -2.45. The van der Waals surface area contributed by atoms with Crippen LogP contribution >= 0.6 is 0 Å². The molecule has 0 radical (unpaired) electrons. The van der Waals surface area contributed by atoms with Crippen molar-refractivity contribution < 1.29 is 14.4 Å². The first-order valence-electron chi connectivity index (χ1n) is 9.31. The van der Waals surface area contributed by atoms with Gasteiger partial charge in [-0.1, -0.05) is 29.3 Å². The zero-order chi connectivity index (χ0) is 20.4. The number of fused-ring (bicyclic) bond motifs is 1. The van der Waals surface area contributed by atoms with Gasteiger partial charge in [-0.3, -0.25) is 14.4 Å². The molecular formula is C22H25N3O3. The normalized spacial score (nSPS) is 16.1. The number of benzene rings is 2. The van der Waals surface area contributed by atoms with E-state index >= 15 is 0 Å². The summed E-state index contributed by atoms with van der Waals surface area (Å²) in [5, 5.41) is 2.84. The fraction of sp³-hybridized carbons (Fsp3) is 0.318. The third-order valence-corrected chi connectivity index (χ3v) is 4.82. The Morgan fingerprint density at radius 3 is 2.46 bits per heavy atom. The molecule has 2 aromatic rings. The first kappa shape index (κ1) is 19.6. The molecule has 1 aliphatic rings. The minimum Gasteiger partial charge on any atom is -0.332 e. The molecule has 1 atom stereocenters. The topological polar surface area (TPSA) is 69.7 Å². The van der Waals surface area contributed by atoms with Crippen molar-refractivity contribution in [2.24, 2.45) is 0 Å². The Bertz CT molecular complexity index is 918. The van der Waals surface area contributed by atoms with Crippen LogP contribution < -0.4 is 10.2 Å². The number of hydrogen-bond donors (Lipinski definition) is 1. The number of nitrogens with one attached hydrogen (secondary N) is 1. The van der Waals surface area contributed by atoms with Gasteiger partial charge in [0.25, 0.3) is 5.91 Å². The van der Waals surface area contributed by atoms with Crippen molar-refractivity contribution in [3.63, 3.8) is 0 Å². The van der Waals surface area contributed by atoms with E-state index in [1.807, 2.05) is 51.1 Å². The van der Waals surface area contributed by atoms with Gasteiger partial charge in [0.2, 0.25) is 11.8 Å². The maximum absolute atomic E-state index is 13.1. The molecule has 6 heteroatoms. The predicted molar refractivity (Wildman–Crippen MR) is 110 cm³/mol. The summed E-state index contributed by atoms with van der Waals surface area (Å²) in [5.41, 5.74) is 3.83. The highest BCUT2D eigenvalue weighted by atomic mass is 16.2. The number of carbonyl (C=O) groups is 3. The lowest BCUT2D eigenvalue weighted by Gasteiger charge is -2.29. The third kappa shape index (κ3) is 4.06. The van der Waals surface area contributed by atoms with E-state index in [2.05, 4.69) is 5.32 Å². The Morgan fingerprint density at radius 2 is 1.79 bits per heavy atom. The van der Waals surface area contributed by atoms with Gasteiger partial charge in [0.1, 0.15) is 6.54 Å². The van der Waals surface area contributed by atoms with Crippen LogP contribution in [0.2, 0.25) is 0 Å². The molecule has 0 aromatic heterocycles. The van der Waals surface area contributed by atoms with E-state index in [0.717, 1.165) is 11.1 Å². The van der Waals surface area contributed by atoms with E-state index in [9.17, 15) is 14.4 Å². The third-order valence-electron chi connectivity index (χ3n) is 4.82. The lowest BCUT2D eigenvalue weighted by molar-refractivity contribution is -0.119. The molecule has 0 spiro atoms. The molecule has 0 unspecified atom stereocenters. The first-order valence-corrected chi connectivity index (χ1v) is 9.31. The Balaban J connectivity index is 1.83. The van der Waals surface area contributed by atoms with E-state index in [4.69, 9.17) is 0 Å². The van der Waals surface area contributed by atoms with Crippen LogP contribution in [0, 0.1) is 13.8 Å². The average Bonchev–Trinajstić information content (AvgIpc) is 2.74. The zero-order valence-electron chi connectivity index (χ0n) is 16.7. The molecule has 1 heterocycles. The van der Waals surface area contributed by atoms with Crippen molar-refractivity contribution >= 4 is 29.1 Å². The summed E-state index contributed by atoms with van der Waals surface area (Å²) in [7, 11) is 1.62. The molecule has 3 rings (SSSR count). The van der Waals surface area contributed by atoms with Crippen LogP contribution in [0.5, 0.6) is 0 Å². The number of amides is 3. The van der Waals surface area contributed by atoms with Crippen molar-refractivity contribution in [1.29, 1.82) is 0 Å². The summed E-state index contributed by atoms with van der Waals surface area (Å²) in [6, 6.07) is 12.6. The molecule has 0 bridgehead atoms. The van der Waals surface area contributed by atoms with Crippen LogP contribution in [0.4, 0.5) is 11.4 Å². The molecule has 146 valence electrons. The second-order valence-electron chi connectivity index (χ2n) is 7.42. The van der Waals surface area contributed by atoms with Gasteiger partial charge in [-0.2, -0.15) is 0 Å². The van der Waals surface area contributed by atoms with Gasteiger partial charge in [0, 0.05) is 25.1 Å². The molecule has 0 aliphatic carbocycles. The lowest BCUT2D eigenvalue weighted by atomic mass is 10.1. The van der Waals surface area contributed by atoms with Crippen molar-refractivity contribution in [3.8, 4) is 0 Å². The Morgan fingerprint density at radius 1 is 1.14 bits per heavy atom. The Kier molecular flexibility index (Phi) is 5.49. The van der Waals surface area contributed by atoms with E-state index in [1.165, 1.54) is 4.90 Å². The van der Waals surface area contributed by atoms with Gasteiger partial charge >= 0.3 is 0 Å².